The van der Waals surface area contributed by atoms with Gasteiger partial charge in [-0.1, -0.05) is 36.4 Å². The van der Waals surface area contributed by atoms with Gasteiger partial charge in [-0.25, -0.2) is 9.78 Å². The zero-order valence-corrected chi connectivity index (χ0v) is 15.1. The number of hydrogen-bond acceptors (Lipinski definition) is 4. The van der Waals surface area contributed by atoms with Gasteiger partial charge in [0.15, 0.2) is 0 Å². The fourth-order valence-electron chi connectivity index (χ4n) is 3.63. The van der Waals surface area contributed by atoms with E-state index in [1.807, 2.05) is 30.3 Å². The highest BCUT2D eigenvalue weighted by molar-refractivity contribution is 5.84. The van der Waals surface area contributed by atoms with Crippen LogP contribution in [0.1, 0.15) is 17.5 Å². The normalized spacial score (nSPS) is 16.0. The number of rotatable bonds is 4. The van der Waals surface area contributed by atoms with E-state index in [1.54, 1.807) is 18.2 Å². The van der Waals surface area contributed by atoms with Crippen molar-refractivity contribution in [2.45, 2.75) is 32.0 Å². The highest BCUT2D eigenvalue weighted by Crippen LogP contribution is 2.24. The molecule has 4 rings (SSSR count). The van der Waals surface area contributed by atoms with E-state index < -0.39 is 12.0 Å². The molecule has 1 aromatic heterocycles. The standard InChI is InChI=1S/C21H19N3O4/c25-19(9-10-23-13-22-17-8-4-3-7-16(17)20(23)26)24-12-15-6-2-1-5-14(15)11-18(24)21(27)28/h1-8,13,18H,9-12H2,(H,27,28)/t18-/m1/s1. The third kappa shape index (κ3) is 3.26. The number of aromatic nitrogens is 2. The monoisotopic (exact) mass is 377 g/mol. The molecule has 0 fully saturated rings. The summed E-state index contributed by atoms with van der Waals surface area (Å²) in [6.45, 7) is 0.414. The number of carbonyl (C=O) groups is 2. The molecule has 2 heterocycles. The molecule has 1 atom stereocenters. The van der Waals surface area contributed by atoms with Crippen molar-refractivity contribution in [2.24, 2.45) is 0 Å². The smallest absolute Gasteiger partial charge is 0.326 e. The van der Waals surface area contributed by atoms with Gasteiger partial charge in [0.25, 0.3) is 5.56 Å². The molecule has 0 radical (unpaired) electrons. The van der Waals surface area contributed by atoms with E-state index in [0.717, 1.165) is 11.1 Å². The van der Waals surface area contributed by atoms with Gasteiger partial charge in [-0.2, -0.15) is 0 Å². The molecule has 1 amide bonds. The maximum absolute atomic E-state index is 12.8. The summed E-state index contributed by atoms with van der Waals surface area (Å²) < 4.78 is 1.40. The van der Waals surface area contributed by atoms with Gasteiger partial charge in [0, 0.05) is 25.9 Å². The number of nitrogens with zero attached hydrogens (tertiary/aromatic N) is 3. The molecule has 7 nitrogen and oxygen atoms in total. The quantitative estimate of drug-likeness (QED) is 0.749. The molecule has 0 bridgehead atoms. The Morgan fingerprint density at radius 3 is 2.57 bits per heavy atom. The third-order valence-corrected chi connectivity index (χ3v) is 5.15. The third-order valence-electron chi connectivity index (χ3n) is 5.15. The molecule has 0 unspecified atom stereocenters. The maximum Gasteiger partial charge on any atom is 0.326 e. The zero-order chi connectivity index (χ0) is 19.7. The van der Waals surface area contributed by atoms with Gasteiger partial charge in [-0.15, -0.1) is 0 Å². The average Bonchev–Trinajstić information content (AvgIpc) is 2.72. The summed E-state index contributed by atoms with van der Waals surface area (Å²) in [5.74, 6) is -1.31. The second-order valence-corrected chi connectivity index (χ2v) is 6.86. The van der Waals surface area contributed by atoms with Gasteiger partial charge in [0.05, 0.1) is 17.2 Å². The van der Waals surface area contributed by atoms with Crippen LogP contribution in [0.15, 0.2) is 59.7 Å². The van der Waals surface area contributed by atoms with Crippen molar-refractivity contribution >= 4 is 22.8 Å². The van der Waals surface area contributed by atoms with Crippen LogP contribution in [0.4, 0.5) is 0 Å². The fourth-order valence-corrected chi connectivity index (χ4v) is 3.63. The summed E-state index contributed by atoms with van der Waals surface area (Å²) >= 11 is 0. The van der Waals surface area contributed by atoms with E-state index in [0.29, 0.717) is 10.9 Å². The largest absolute Gasteiger partial charge is 0.480 e. The summed E-state index contributed by atoms with van der Waals surface area (Å²) in [7, 11) is 0. The lowest BCUT2D eigenvalue weighted by atomic mass is 9.93. The van der Waals surface area contributed by atoms with Crippen molar-refractivity contribution in [3.8, 4) is 0 Å². The Morgan fingerprint density at radius 1 is 1.07 bits per heavy atom. The van der Waals surface area contributed by atoms with Gasteiger partial charge < -0.3 is 10.0 Å². The minimum Gasteiger partial charge on any atom is -0.480 e. The number of fused-ring (bicyclic) bond motifs is 2. The van der Waals surface area contributed by atoms with Crippen LogP contribution in [-0.2, 0) is 29.1 Å². The van der Waals surface area contributed by atoms with Crippen molar-refractivity contribution in [1.29, 1.82) is 0 Å². The summed E-state index contributed by atoms with van der Waals surface area (Å²) in [4.78, 5) is 42.7. The van der Waals surface area contributed by atoms with Crippen molar-refractivity contribution in [3.63, 3.8) is 0 Å². The predicted molar refractivity (Wildman–Crippen MR) is 103 cm³/mol. The molecule has 7 heteroatoms. The Balaban J connectivity index is 1.54. The lowest BCUT2D eigenvalue weighted by Crippen LogP contribution is -2.48. The van der Waals surface area contributed by atoms with Crippen LogP contribution in [0.25, 0.3) is 10.9 Å². The Kier molecular flexibility index (Phi) is 4.65. The Labute approximate surface area is 160 Å². The number of amides is 1. The minimum absolute atomic E-state index is 0.0336. The SMILES string of the molecule is O=C(O)[C@H]1Cc2ccccc2CN1C(=O)CCn1cnc2ccccc2c1=O. The predicted octanol–water partition coefficient (Wildman–Crippen LogP) is 1.82. The lowest BCUT2D eigenvalue weighted by molar-refractivity contribution is -0.151. The molecule has 1 aliphatic heterocycles. The van der Waals surface area contributed by atoms with Crippen LogP contribution in [0, 0.1) is 0 Å². The molecule has 3 aromatic rings. The number of aliphatic carboxylic acids is 1. The Hall–Kier alpha value is -3.48. The minimum atomic E-state index is -1.02. The Morgan fingerprint density at radius 2 is 1.79 bits per heavy atom. The van der Waals surface area contributed by atoms with Crippen molar-refractivity contribution in [2.75, 3.05) is 0 Å². The molecule has 28 heavy (non-hydrogen) atoms. The van der Waals surface area contributed by atoms with E-state index in [1.165, 1.54) is 15.8 Å². The number of carboxylic acid groups (broad SMARTS) is 1. The molecular formula is C21H19N3O4. The van der Waals surface area contributed by atoms with E-state index in [9.17, 15) is 19.5 Å². The summed E-state index contributed by atoms with van der Waals surface area (Å²) in [5.41, 5.74) is 2.30. The van der Waals surface area contributed by atoms with Gasteiger partial charge in [-0.3, -0.25) is 14.2 Å². The highest BCUT2D eigenvalue weighted by atomic mass is 16.4. The lowest BCUT2D eigenvalue weighted by Gasteiger charge is -2.34. The highest BCUT2D eigenvalue weighted by Gasteiger charge is 2.34. The molecule has 1 aliphatic rings. The second-order valence-electron chi connectivity index (χ2n) is 6.86. The zero-order valence-electron chi connectivity index (χ0n) is 15.1. The van der Waals surface area contributed by atoms with E-state index in [-0.39, 0.29) is 37.4 Å². The molecule has 2 aromatic carbocycles. The summed E-state index contributed by atoms with van der Waals surface area (Å²) in [5, 5.41) is 10.1. The number of carbonyl (C=O) groups excluding carboxylic acids is 1. The van der Waals surface area contributed by atoms with Gasteiger partial charge >= 0.3 is 5.97 Å². The summed E-state index contributed by atoms with van der Waals surface area (Å²) in [6, 6.07) is 13.7. The van der Waals surface area contributed by atoms with Crippen LogP contribution < -0.4 is 5.56 Å². The van der Waals surface area contributed by atoms with Gasteiger partial charge in [0.1, 0.15) is 6.04 Å². The van der Waals surface area contributed by atoms with Crippen LogP contribution in [0.2, 0.25) is 0 Å². The first-order valence-electron chi connectivity index (χ1n) is 9.08. The second kappa shape index (κ2) is 7.26. The molecule has 0 spiro atoms. The first-order chi connectivity index (χ1) is 13.5. The number of para-hydroxylation sites is 1. The average molecular weight is 377 g/mol. The number of benzene rings is 2. The van der Waals surface area contributed by atoms with Crippen molar-refractivity contribution < 1.29 is 14.7 Å². The van der Waals surface area contributed by atoms with E-state index in [2.05, 4.69) is 4.98 Å². The molecule has 1 N–H and O–H groups in total. The van der Waals surface area contributed by atoms with Crippen LogP contribution in [0.5, 0.6) is 0 Å². The first kappa shape index (κ1) is 17.9. The number of aryl methyl sites for hydroxylation is 1. The van der Waals surface area contributed by atoms with E-state index in [4.69, 9.17) is 0 Å². The Bertz CT molecular complexity index is 1120. The van der Waals surface area contributed by atoms with Crippen LogP contribution >= 0.6 is 0 Å². The van der Waals surface area contributed by atoms with E-state index >= 15 is 0 Å². The van der Waals surface area contributed by atoms with Gasteiger partial charge in [0.2, 0.25) is 5.91 Å². The topological polar surface area (TPSA) is 92.5 Å². The molecule has 0 aliphatic carbocycles. The van der Waals surface area contributed by atoms with Crippen molar-refractivity contribution in [1.82, 2.24) is 14.5 Å². The van der Waals surface area contributed by atoms with Crippen LogP contribution in [0.3, 0.4) is 0 Å². The maximum atomic E-state index is 12.8. The number of hydrogen-bond donors (Lipinski definition) is 1. The molecular weight excluding hydrogens is 358 g/mol. The molecule has 0 saturated heterocycles. The molecule has 142 valence electrons. The summed E-state index contributed by atoms with van der Waals surface area (Å²) in [6.07, 6.45) is 1.75. The fraction of sp³-hybridized carbons (Fsp3) is 0.238. The van der Waals surface area contributed by atoms with Gasteiger partial charge in [-0.05, 0) is 23.3 Å². The van der Waals surface area contributed by atoms with Crippen molar-refractivity contribution in [3.05, 3.63) is 76.3 Å². The van der Waals surface area contributed by atoms with Crippen LogP contribution in [-0.4, -0.2) is 37.5 Å². The first-order valence-corrected chi connectivity index (χ1v) is 9.08. The molecule has 0 saturated carbocycles. The number of carboxylic acids is 1.